The molecule has 1 fully saturated rings. The molecule has 2 aliphatic heterocycles. The summed E-state index contributed by atoms with van der Waals surface area (Å²) >= 11 is 0. The second-order valence-corrected chi connectivity index (χ2v) is 8.22. The summed E-state index contributed by atoms with van der Waals surface area (Å²) in [6, 6.07) is 10.2. The van der Waals surface area contributed by atoms with Crippen molar-refractivity contribution in [2.45, 2.75) is 32.1 Å². The number of rotatable bonds is 4. The second kappa shape index (κ2) is 7.41. The highest BCUT2D eigenvalue weighted by molar-refractivity contribution is 5.79. The van der Waals surface area contributed by atoms with Crippen LogP contribution in [0.4, 0.5) is 5.82 Å². The highest BCUT2D eigenvalue weighted by Crippen LogP contribution is 2.28. The van der Waals surface area contributed by atoms with Gasteiger partial charge in [0.1, 0.15) is 12.4 Å². The normalized spacial score (nSPS) is 21.1. The Morgan fingerprint density at radius 3 is 2.93 bits per heavy atom. The zero-order chi connectivity index (χ0) is 18.9. The molecule has 2 aromatic rings. The molecule has 1 saturated heterocycles. The van der Waals surface area contributed by atoms with Crippen molar-refractivity contribution in [2.75, 3.05) is 31.1 Å². The topological polar surface area (TPSA) is 67.4 Å². The first kappa shape index (κ1) is 17.5. The molecule has 1 aromatic heterocycles. The van der Waals surface area contributed by atoms with Gasteiger partial charge in [0.25, 0.3) is 0 Å². The van der Waals surface area contributed by atoms with Gasteiger partial charge in [-0.1, -0.05) is 18.2 Å². The zero-order valence-corrected chi connectivity index (χ0v) is 16.1. The molecular weight excluding hydrogens is 352 g/mol. The Balaban J connectivity index is 1.10. The zero-order valence-electron chi connectivity index (χ0n) is 16.1. The van der Waals surface area contributed by atoms with Gasteiger partial charge in [0.15, 0.2) is 5.82 Å². The lowest BCUT2D eigenvalue weighted by Crippen LogP contribution is -2.53. The molecule has 1 unspecified atom stereocenters. The van der Waals surface area contributed by atoms with Crippen LogP contribution in [0, 0.1) is 11.8 Å². The summed E-state index contributed by atoms with van der Waals surface area (Å²) in [6.45, 7) is 3.03. The predicted molar refractivity (Wildman–Crippen MR) is 107 cm³/mol. The van der Waals surface area contributed by atoms with Crippen LogP contribution in [0.3, 0.4) is 0 Å². The van der Waals surface area contributed by atoms with E-state index in [4.69, 9.17) is 4.74 Å². The monoisotopic (exact) mass is 378 g/mol. The highest BCUT2D eigenvalue weighted by Gasteiger charge is 2.31. The minimum atomic E-state index is -0.0995. The van der Waals surface area contributed by atoms with Crippen LogP contribution in [-0.4, -0.2) is 42.3 Å². The molecule has 1 aliphatic carbocycles. The van der Waals surface area contributed by atoms with Crippen LogP contribution in [0.5, 0.6) is 5.75 Å². The Labute approximate surface area is 165 Å². The number of fused-ring (bicyclic) bond motifs is 2. The molecule has 3 aliphatic rings. The lowest BCUT2D eigenvalue weighted by Gasteiger charge is -2.40. The number of carbonyl (C=O) groups excluding carboxylic acids is 1. The molecule has 1 amide bonds. The van der Waals surface area contributed by atoms with E-state index in [1.807, 2.05) is 24.3 Å². The Morgan fingerprint density at radius 2 is 2.00 bits per heavy atom. The maximum absolute atomic E-state index is 12.5. The third-order valence-corrected chi connectivity index (χ3v) is 6.15. The fourth-order valence-electron chi connectivity index (χ4n) is 4.40. The van der Waals surface area contributed by atoms with E-state index in [1.165, 1.54) is 24.1 Å². The van der Waals surface area contributed by atoms with Crippen LogP contribution < -0.4 is 15.0 Å². The fourth-order valence-corrected chi connectivity index (χ4v) is 4.40. The molecule has 28 heavy (non-hydrogen) atoms. The average Bonchev–Trinajstić information content (AvgIpc) is 2.72. The number of aromatic nitrogens is 2. The van der Waals surface area contributed by atoms with Gasteiger partial charge in [-0.3, -0.25) is 4.79 Å². The van der Waals surface area contributed by atoms with Crippen molar-refractivity contribution < 1.29 is 9.53 Å². The fraction of sp³-hybridized carbons (Fsp3) is 0.500. The number of nitrogens with one attached hydrogen (secondary N) is 1. The van der Waals surface area contributed by atoms with Crippen LogP contribution in [-0.2, 0) is 24.1 Å². The van der Waals surface area contributed by atoms with Gasteiger partial charge in [-0.25, -0.2) is 0 Å². The molecule has 3 heterocycles. The van der Waals surface area contributed by atoms with Crippen LogP contribution >= 0.6 is 0 Å². The second-order valence-electron chi connectivity index (χ2n) is 8.22. The maximum Gasteiger partial charge on any atom is 0.226 e. The number of aryl methyl sites for hydroxylation is 2. The van der Waals surface area contributed by atoms with E-state index in [0.717, 1.165) is 49.5 Å². The van der Waals surface area contributed by atoms with Crippen LogP contribution in [0.2, 0.25) is 0 Å². The van der Waals surface area contributed by atoms with Crippen molar-refractivity contribution in [3.05, 3.63) is 47.2 Å². The van der Waals surface area contributed by atoms with Crippen molar-refractivity contribution in [1.29, 1.82) is 0 Å². The van der Waals surface area contributed by atoms with Gasteiger partial charge in [0.2, 0.25) is 5.91 Å². The van der Waals surface area contributed by atoms with E-state index < -0.39 is 0 Å². The van der Waals surface area contributed by atoms with Crippen LogP contribution in [0.1, 0.15) is 29.7 Å². The molecule has 1 N–H and O–H groups in total. The number of carbonyl (C=O) groups is 1. The molecule has 0 bridgehead atoms. The molecule has 6 heteroatoms. The molecule has 0 saturated carbocycles. The van der Waals surface area contributed by atoms with Crippen LogP contribution in [0.15, 0.2) is 30.3 Å². The average molecular weight is 378 g/mol. The van der Waals surface area contributed by atoms with Crippen LogP contribution in [0.25, 0.3) is 0 Å². The summed E-state index contributed by atoms with van der Waals surface area (Å²) in [5.41, 5.74) is 3.66. The maximum atomic E-state index is 12.5. The first-order valence-electron chi connectivity index (χ1n) is 10.3. The predicted octanol–water partition coefficient (Wildman–Crippen LogP) is 2.16. The summed E-state index contributed by atoms with van der Waals surface area (Å²) in [7, 11) is 0. The Hall–Kier alpha value is -2.63. The van der Waals surface area contributed by atoms with E-state index >= 15 is 0 Å². The van der Waals surface area contributed by atoms with Crippen molar-refractivity contribution in [3.8, 4) is 5.75 Å². The van der Waals surface area contributed by atoms with Gasteiger partial charge in [0, 0.05) is 25.6 Å². The Bertz CT molecular complexity index is 879. The van der Waals surface area contributed by atoms with Crippen molar-refractivity contribution >= 4 is 11.7 Å². The van der Waals surface area contributed by atoms with Gasteiger partial charge >= 0.3 is 0 Å². The van der Waals surface area contributed by atoms with E-state index in [1.54, 1.807) is 0 Å². The minimum absolute atomic E-state index is 0.0986. The van der Waals surface area contributed by atoms with E-state index in [2.05, 4.69) is 26.5 Å². The quantitative estimate of drug-likeness (QED) is 0.883. The Morgan fingerprint density at radius 1 is 1.14 bits per heavy atom. The number of amides is 1. The number of anilines is 1. The molecule has 0 spiro atoms. The molecule has 5 rings (SSSR count). The summed E-state index contributed by atoms with van der Waals surface area (Å²) in [6.07, 6.45) is 5.42. The Kier molecular flexibility index (Phi) is 4.63. The number of hydrogen-bond acceptors (Lipinski definition) is 5. The minimum Gasteiger partial charge on any atom is -0.492 e. The lowest BCUT2D eigenvalue weighted by atomic mass is 9.94. The van der Waals surface area contributed by atoms with Crippen molar-refractivity contribution in [3.63, 3.8) is 0 Å². The number of para-hydroxylation sites is 1. The first-order valence-corrected chi connectivity index (χ1v) is 10.3. The third kappa shape index (κ3) is 3.43. The standard InChI is InChI=1S/C22H26N4O2/c27-22(18-9-17-6-2-4-8-20(17)28-14-18)23-11-15-12-26(13-15)21-10-16-5-1-3-7-19(16)24-25-21/h2,4,6,8,10,15,18H,1,3,5,7,9,11-14H2,(H,23,27). The number of hydrogen-bond donors (Lipinski definition) is 1. The summed E-state index contributed by atoms with van der Waals surface area (Å²) < 4.78 is 5.74. The lowest BCUT2D eigenvalue weighted by molar-refractivity contribution is -0.126. The number of ether oxygens (including phenoxy) is 1. The molecular formula is C22H26N4O2. The molecule has 146 valence electrons. The first-order chi connectivity index (χ1) is 13.8. The van der Waals surface area contributed by atoms with Gasteiger partial charge in [-0.05, 0) is 55.4 Å². The highest BCUT2D eigenvalue weighted by atomic mass is 16.5. The van der Waals surface area contributed by atoms with E-state index in [9.17, 15) is 4.79 Å². The van der Waals surface area contributed by atoms with Crippen molar-refractivity contribution in [1.82, 2.24) is 15.5 Å². The smallest absolute Gasteiger partial charge is 0.226 e. The summed E-state index contributed by atoms with van der Waals surface area (Å²) in [5.74, 6) is 2.37. The van der Waals surface area contributed by atoms with E-state index in [-0.39, 0.29) is 11.8 Å². The van der Waals surface area contributed by atoms with Crippen molar-refractivity contribution in [2.24, 2.45) is 11.8 Å². The molecule has 1 aromatic carbocycles. The third-order valence-electron chi connectivity index (χ3n) is 6.15. The molecule has 6 nitrogen and oxygen atoms in total. The molecule has 0 radical (unpaired) electrons. The SMILES string of the molecule is O=C(NCC1CN(c2cc3c(nn2)CCCC3)C1)C1COc2ccccc2C1. The van der Waals surface area contributed by atoms with Gasteiger partial charge < -0.3 is 15.0 Å². The van der Waals surface area contributed by atoms with E-state index in [0.29, 0.717) is 19.1 Å². The molecule has 1 atom stereocenters. The van der Waals surface area contributed by atoms with Gasteiger partial charge in [-0.15, -0.1) is 5.10 Å². The number of benzene rings is 1. The van der Waals surface area contributed by atoms with Gasteiger partial charge in [-0.2, -0.15) is 5.10 Å². The summed E-state index contributed by atoms with van der Waals surface area (Å²) in [5, 5.41) is 12.0. The van der Waals surface area contributed by atoms with Gasteiger partial charge in [0.05, 0.1) is 11.6 Å². The number of nitrogens with zero attached hydrogens (tertiary/aromatic N) is 3. The largest absolute Gasteiger partial charge is 0.492 e. The summed E-state index contributed by atoms with van der Waals surface area (Å²) in [4.78, 5) is 14.8.